The van der Waals surface area contributed by atoms with Crippen LogP contribution in [-0.4, -0.2) is 123 Å². The Morgan fingerprint density at radius 1 is 1.13 bits per heavy atom. The van der Waals surface area contributed by atoms with E-state index in [1.807, 2.05) is 55.4 Å². The molecule has 2 heterocycles. The Balaban J connectivity index is 1.25. The van der Waals surface area contributed by atoms with Gasteiger partial charge in [0.2, 0.25) is 5.91 Å². The molecule has 12 nitrogen and oxygen atoms in total. The minimum absolute atomic E-state index is 0.0431. The molecule has 3 aliphatic carbocycles. The molecule has 286 valence electrons. The number of aliphatic hydroxyl groups is 2. The number of carbonyl (C=O) groups excluding carboxylic acids is 2. The fourth-order valence-electron chi connectivity index (χ4n) is 9.24. The van der Waals surface area contributed by atoms with Crippen LogP contribution in [0, 0.1) is 29.1 Å². The van der Waals surface area contributed by atoms with E-state index in [1.165, 1.54) is 6.42 Å². The Bertz CT molecular complexity index is 1580. The standard InChI is InChI=1S/C40H59N5O7/c1-24-32-20-29(40(32,3)4)21-33(24)42-39(49)36-35(25(2)47)34(23-46)52-45(36)22-26-9-8-10-31(37(26)50-7)27-17-28(19-30(18-27)43(5)6)38(48)41-11-12-44-13-15-51-16-14-44/h8-10,17-19,24-25,29,32-36,46-47H,11-16,20-23H2,1-7H3,(H,41,48)(H,42,49)/t24-,25-,29+,32-,33-,34-,35-,36-/m0/s1. The van der Waals surface area contributed by atoms with Gasteiger partial charge in [0.15, 0.2) is 0 Å². The number of nitrogens with zero attached hydrogens (tertiary/aromatic N) is 3. The van der Waals surface area contributed by atoms with Gasteiger partial charge in [0, 0.05) is 74.6 Å². The normalized spacial score (nSPS) is 29.2. The fourth-order valence-corrected chi connectivity index (χ4v) is 9.24. The van der Waals surface area contributed by atoms with Gasteiger partial charge in [0.1, 0.15) is 17.9 Å². The highest BCUT2D eigenvalue weighted by Gasteiger charge is 2.57. The summed E-state index contributed by atoms with van der Waals surface area (Å²) in [6.45, 7) is 12.8. The molecule has 7 rings (SSSR count). The predicted molar refractivity (Wildman–Crippen MR) is 200 cm³/mol. The number of ether oxygens (including phenoxy) is 2. The third-order valence-electron chi connectivity index (χ3n) is 12.5. The first kappa shape index (κ1) is 38.5. The van der Waals surface area contributed by atoms with Crippen LogP contribution in [0.15, 0.2) is 36.4 Å². The number of hydrogen-bond acceptors (Lipinski definition) is 10. The van der Waals surface area contributed by atoms with Crippen molar-refractivity contribution in [2.24, 2.45) is 29.1 Å². The number of anilines is 1. The second-order valence-corrected chi connectivity index (χ2v) is 16.1. The highest BCUT2D eigenvalue weighted by molar-refractivity contribution is 5.97. The number of amides is 2. The predicted octanol–water partition coefficient (Wildman–Crippen LogP) is 3.15. The maximum absolute atomic E-state index is 14.2. The summed E-state index contributed by atoms with van der Waals surface area (Å²) in [7, 11) is 5.49. The van der Waals surface area contributed by atoms with Crippen molar-refractivity contribution in [3.63, 3.8) is 0 Å². The maximum atomic E-state index is 14.2. The number of methoxy groups -OCH3 is 1. The topological polar surface area (TPSA) is 136 Å². The summed E-state index contributed by atoms with van der Waals surface area (Å²) in [6.07, 6.45) is 0.496. The van der Waals surface area contributed by atoms with Gasteiger partial charge >= 0.3 is 0 Å². The van der Waals surface area contributed by atoms with Crippen molar-refractivity contribution in [1.82, 2.24) is 20.6 Å². The number of rotatable bonds is 13. The monoisotopic (exact) mass is 721 g/mol. The number of fused-ring (bicyclic) bond motifs is 2. The number of aliphatic hydroxyl groups excluding tert-OH is 2. The Kier molecular flexibility index (Phi) is 11.8. The minimum atomic E-state index is -0.894. The van der Waals surface area contributed by atoms with Gasteiger partial charge in [-0.15, -0.1) is 0 Å². The molecule has 3 saturated carbocycles. The molecule has 52 heavy (non-hydrogen) atoms. The maximum Gasteiger partial charge on any atom is 0.251 e. The van der Waals surface area contributed by atoms with Crippen LogP contribution >= 0.6 is 0 Å². The number of benzene rings is 2. The molecule has 2 aliphatic heterocycles. The Labute approximate surface area is 308 Å². The summed E-state index contributed by atoms with van der Waals surface area (Å²) >= 11 is 0. The molecular weight excluding hydrogens is 662 g/mol. The fraction of sp³-hybridized carbons (Fsp3) is 0.650. The first-order valence-electron chi connectivity index (χ1n) is 18.9. The zero-order chi connectivity index (χ0) is 37.3. The minimum Gasteiger partial charge on any atom is -0.496 e. The van der Waals surface area contributed by atoms with Crippen LogP contribution in [0.25, 0.3) is 11.1 Å². The Morgan fingerprint density at radius 2 is 1.88 bits per heavy atom. The van der Waals surface area contributed by atoms with Crippen molar-refractivity contribution in [2.75, 3.05) is 72.1 Å². The first-order chi connectivity index (χ1) is 24.8. The lowest BCUT2D eigenvalue weighted by Crippen LogP contribution is -2.62. The van der Waals surface area contributed by atoms with E-state index in [0.717, 1.165) is 48.4 Å². The van der Waals surface area contributed by atoms with Crippen molar-refractivity contribution in [2.45, 2.75) is 71.4 Å². The van der Waals surface area contributed by atoms with Gasteiger partial charge in [0.25, 0.3) is 5.91 Å². The smallest absolute Gasteiger partial charge is 0.251 e. The SMILES string of the molecule is COc1c(CN2O[C@@H](CO)[C@H]([C@H](C)O)[C@H]2C(=O)N[C@H]2C[C@H]3C[C@@H]([C@@H]2C)C3(C)C)cccc1-c1cc(C(=O)NCCN2CCOCC2)cc(N(C)C)c1. The largest absolute Gasteiger partial charge is 0.496 e. The van der Waals surface area contributed by atoms with E-state index in [1.54, 1.807) is 19.1 Å². The third kappa shape index (κ3) is 7.69. The van der Waals surface area contributed by atoms with Gasteiger partial charge in [-0.05, 0) is 66.7 Å². The van der Waals surface area contributed by atoms with Crippen LogP contribution in [0.3, 0.4) is 0 Å². The van der Waals surface area contributed by atoms with Crippen LogP contribution in [-0.2, 0) is 20.9 Å². The van der Waals surface area contributed by atoms with Crippen LogP contribution < -0.4 is 20.3 Å². The second-order valence-electron chi connectivity index (χ2n) is 16.1. The second kappa shape index (κ2) is 16.0. The van der Waals surface area contributed by atoms with Crippen molar-refractivity contribution < 1.29 is 34.1 Å². The molecular formula is C40H59N5O7. The van der Waals surface area contributed by atoms with E-state index >= 15 is 0 Å². The molecule has 0 spiro atoms. The van der Waals surface area contributed by atoms with E-state index in [9.17, 15) is 19.8 Å². The van der Waals surface area contributed by atoms with Crippen LogP contribution in [0.1, 0.15) is 56.5 Å². The summed E-state index contributed by atoms with van der Waals surface area (Å²) in [4.78, 5) is 38.2. The van der Waals surface area contributed by atoms with Gasteiger partial charge in [-0.3, -0.25) is 19.3 Å². The Hall–Kier alpha value is -3.26. The molecule has 2 aromatic rings. The van der Waals surface area contributed by atoms with E-state index in [-0.39, 0.29) is 36.4 Å². The van der Waals surface area contributed by atoms with Crippen LogP contribution in [0.4, 0.5) is 5.69 Å². The molecule has 4 N–H and O–H groups in total. The number of hydrogen-bond donors (Lipinski definition) is 4. The number of hydroxylamine groups is 2. The molecule has 0 unspecified atom stereocenters. The van der Waals surface area contributed by atoms with Gasteiger partial charge in [0.05, 0.1) is 39.6 Å². The summed E-state index contributed by atoms with van der Waals surface area (Å²) in [5.41, 5.74) is 4.05. The number of para-hydroxylation sites is 1. The average Bonchev–Trinajstić information content (AvgIpc) is 3.51. The summed E-state index contributed by atoms with van der Waals surface area (Å²) in [5.74, 6) is 1.08. The highest BCUT2D eigenvalue weighted by atomic mass is 16.7. The van der Waals surface area contributed by atoms with E-state index in [2.05, 4.69) is 36.3 Å². The summed E-state index contributed by atoms with van der Waals surface area (Å²) in [5, 5.41) is 29.3. The van der Waals surface area contributed by atoms with E-state index in [4.69, 9.17) is 14.3 Å². The zero-order valence-corrected chi connectivity index (χ0v) is 31.9. The van der Waals surface area contributed by atoms with Crippen LogP contribution in [0.5, 0.6) is 5.75 Å². The lowest BCUT2D eigenvalue weighted by atomic mass is 9.45. The first-order valence-corrected chi connectivity index (χ1v) is 18.9. The molecule has 2 bridgehead atoms. The summed E-state index contributed by atoms with van der Waals surface area (Å²) < 4.78 is 11.5. The molecule has 0 radical (unpaired) electrons. The van der Waals surface area contributed by atoms with Crippen molar-refractivity contribution in [3.8, 4) is 16.9 Å². The quantitative estimate of drug-likeness (QED) is 0.244. The van der Waals surface area contributed by atoms with E-state index in [0.29, 0.717) is 48.8 Å². The molecule has 5 aliphatic rings. The average molecular weight is 722 g/mol. The molecule has 5 fully saturated rings. The number of carbonyl (C=O) groups is 2. The van der Waals surface area contributed by atoms with Crippen molar-refractivity contribution in [1.29, 1.82) is 0 Å². The number of nitrogens with one attached hydrogen (secondary N) is 2. The lowest BCUT2D eigenvalue weighted by Gasteiger charge is -2.62. The lowest BCUT2D eigenvalue weighted by molar-refractivity contribution is -0.183. The molecule has 0 aromatic heterocycles. The number of morpholine rings is 1. The molecule has 2 aromatic carbocycles. The molecule has 8 atom stereocenters. The van der Waals surface area contributed by atoms with Crippen molar-refractivity contribution in [3.05, 3.63) is 47.5 Å². The van der Waals surface area contributed by atoms with Gasteiger partial charge < -0.3 is 35.2 Å². The van der Waals surface area contributed by atoms with E-state index < -0.39 is 24.2 Å². The molecule has 12 heteroatoms. The highest BCUT2D eigenvalue weighted by Crippen LogP contribution is 2.61. The molecule has 2 saturated heterocycles. The van der Waals surface area contributed by atoms with Gasteiger partial charge in [-0.1, -0.05) is 39.0 Å². The Morgan fingerprint density at radius 3 is 2.52 bits per heavy atom. The van der Waals surface area contributed by atoms with Crippen LogP contribution in [0.2, 0.25) is 0 Å². The summed E-state index contributed by atoms with van der Waals surface area (Å²) in [6, 6.07) is 10.8. The molecule has 2 amide bonds. The van der Waals surface area contributed by atoms with Gasteiger partial charge in [-0.25, -0.2) is 0 Å². The zero-order valence-electron chi connectivity index (χ0n) is 31.9. The van der Waals surface area contributed by atoms with Crippen molar-refractivity contribution >= 4 is 17.5 Å². The van der Waals surface area contributed by atoms with Gasteiger partial charge in [-0.2, -0.15) is 5.06 Å². The third-order valence-corrected chi connectivity index (χ3v) is 12.5.